The normalized spacial score (nSPS) is 14.2. The van der Waals surface area contributed by atoms with E-state index in [9.17, 15) is 6.85 Å². The quantitative estimate of drug-likeness (QED) is 0.111. The van der Waals surface area contributed by atoms with Gasteiger partial charge in [-0.15, -0.1) is 11.3 Å². The van der Waals surface area contributed by atoms with E-state index in [1.54, 1.807) is 0 Å². The van der Waals surface area contributed by atoms with Gasteiger partial charge in [-0.3, -0.25) is 0 Å². The molecule has 2 aromatic heterocycles. The second-order valence-electron chi connectivity index (χ2n) is 15.2. The molecule has 0 fully saturated rings. The van der Waals surface area contributed by atoms with Crippen LogP contribution in [0, 0.1) is 0 Å². The molecule has 0 unspecified atom stereocenters. The SMILES string of the molecule is [2H]c1c([2H])c([2H])c2c(sc3c2c([2H])c([2H])c2c3c3c([2H])c([2H])c([2H])c([2H])c3n2-c2c(-c3cccc4ccccc34)ccc([Si](c3ccccc3)(c3ccccc3)c3ccccc3)c2-c2ccccc2)c1[2H]. The van der Waals surface area contributed by atoms with E-state index in [2.05, 4.69) is 121 Å². The molecule has 61 heavy (non-hydrogen) atoms. The first-order chi connectivity index (χ1) is 34.5. The van der Waals surface area contributed by atoms with Crippen LogP contribution in [-0.2, 0) is 0 Å². The second kappa shape index (κ2) is 14.5. The Morgan fingerprint density at radius 1 is 0.426 bits per heavy atom. The van der Waals surface area contributed by atoms with E-state index in [0.29, 0.717) is 10.4 Å². The van der Waals surface area contributed by atoms with Crippen LogP contribution < -0.4 is 20.7 Å². The number of para-hydroxylation sites is 1. The highest BCUT2D eigenvalue weighted by atomic mass is 32.1. The summed E-state index contributed by atoms with van der Waals surface area (Å²) in [5.41, 5.74) is 3.96. The van der Waals surface area contributed by atoms with Gasteiger partial charge in [0.15, 0.2) is 8.07 Å². The van der Waals surface area contributed by atoms with E-state index < -0.39 is 32.2 Å². The van der Waals surface area contributed by atoms with Gasteiger partial charge in [-0.2, -0.15) is 0 Å². The third kappa shape index (κ3) is 5.45. The average molecular weight is 820 g/mol. The van der Waals surface area contributed by atoms with Crippen LogP contribution in [0.15, 0.2) is 236 Å². The number of aromatic nitrogens is 1. The molecule has 3 heteroatoms. The predicted molar refractivity (Wildman–Crippen MR) is 266 cm³/mol. The lowest BCUT2D eigenvalue weighted by atomic mass is 9.92. The van der Waals surface area contributed by atoms with Gasteiger partial charge in [0.2, 0.25) is 0 Å². The molecule has 0 saturated carbocycles. The smallest absolute Gasteiger partial charge is 0.180 e. The Morgan fingerprint density at radius 3 is 1.72 bits per heavy atom. The summed E-state index contributed by atoms with van der Waals surface area (Å²) in [7, 11) is -3.47. The minimum atomic E-state index is -3.47. The zero-order valence-electron chi connectivity index (χ0n) is 42.6. The highest BCUT2D eigenvalue weighted by Crippen LogP contribution is 2.47. The molecule has 0 spiro atoms. The van der Waals surface area contributed by atoms with Crippen LogP contribution in [-0.4, -0.2) is 12.6 Å². The first-order valence-electron chi connectivity index (χ1n) is 25.2. The van der Waals surface area contributed by atoms with Crippen molar-refractivity contribution in [2.45, 2.75) is 0 Å². The lowest BCUT2D eigenvalue weighted by Crippen LogP contribution is -2.75. The molecule has 12 aromatic rings. The lowest BCUT2D eigenvalue weighted by molar-refractivity contribution is 1.19. The molecule has 0 atom stereocenters. The Balaban J connectivity index is 1.41. The number of nitrogens with zero attached hydrogens (tertiary/aromatic N) is 1. The molecule has 0 aliphatic carbocycles. The van der Waals surface area contributed by atoms with E-state index in [1.807, 2.05) is 59.2 Å². The maximum atomic E-state index is 10.2. The average Bonchev–Trinajstić information content (AvgIpc) is 4.00. The minimum Gasteiger partial charge on any atom is -0.308 e. The fourth-order valence-corrected chi connectivity index (χ4v) is 15.6. The van der Waals surface area contributed by atoms with Gasteiger partial charge >= 0.3 is 0 Å². The van der Waals surface area contributed by atoms with Gasteiger partial charge in [0, 0.05) is 42.1 Å². The van der Waals surface area contributed by atoms with Gasteiger partial charge < -0.3 is 4.57 Å². The van der Waals surface area contributed by atoms with Crippen LogP contribution in [0.3, 0.4) is 0 Å². The Kier molecular flexibility index (Phi) is 6.33. The molecule has 1 nitrogen and oxygen atoms in total. The molecule has 0 bridgehead atoms. The molecule has 0 aliphatic heterocycles. The molecule has 0 N–H and O–H groups in total. The van der Waals surface area contributed by atoms with Gasteiger partial charge in [0.1, 0.15) is 0 Å². The van der Waals surface area contributed by atoms with E-state index in [-0.39, 0.29) is 73.5 Å². The predicted octanol–water partition coefficient (Wildman–Crippen LogP) is 13.0. The van der Waals surface area contributed by atoms with Crippen molar-refractivity contribution in [2.75, 3.05) is 0 Å². The number of thiophene rings is 1. The summed E-state index contributed by atoms with van der Waals surface area (Å²) in [6, 6.07) is 56.5. The van der Waals surface area contributed by atoms with E-state index in [0.717, 1.165) is 65.1 Å². The number of rotatable bonds is 7. The molecule has 286 valence electrons. The molecule has 0 saturated heterocycles. The third-order valence-electron chi connectivity index (χ3n) is 12.0. The molecule has 12 rings (SSSR count). The monoisotopic (exact) mass is 819 g/mol. The molecule has 2 heterocycles. The number of hydrogen-bond acceptors (Lipinski definition) is 1. The summed E-state index contributed by atoms with van der Waals surface area (Å²) in [6.45, 7) is 0. The zero-order chi connectivity index (χ0) is 49.0. The van der Waals surface area contributed by atoms with Crippen molar-refractivity contribution in [1.29, 1.82) is 0 Å². The van der Waals surface area contributed by atoms with Crippen LogP contribution >= 0.6 is 11.3 Å². The summed E-state index contributed by atoms with van der Waals surface area (Å²) in [5.74, 6) is 0. The maximum absolute atomic E-state index is 10.2. The molecule has 0 radical (unpaired) electrons. The van der Waals surface area contributed by atoms with E-state index in [4.69, 9.17) is 6.85 Å². The van der Waals surface area contributed by atoms with Crippen molar-refractivity contribution in [3.63, 3.8) is 0 Å². The van der Waals surface area contributed by atoms with Crippen LogP contribution in [0.2, 0.25) is 0 Å². The highest BCUT2D eigenvalue weighted by Gasteiger charge is 2.44. The molecule has 10 aromatic carbocycles. The van der Waals surface area contributed by atoms with E-state index >= 15 is 0 Å². The van der Waals surface area contributed by atoms with Gasteiger partial charge in [-0.05, 0) is 60.8 Å². The number of fused-ring (bicyclic) bond motifs is 8. The number of hydrogen-bond donors (Lipinski definition) is 0. The van der Waals surface area contributed by atoms with E-state index in [1.165, 1.54) is 0 Å². The fraction of sp³-hybridized carbons (Fsp3) is 0. The molecular weight excluding hydrogens is 771 g/mol. The first-order valence-corrected chi connectivity index (χ1v) is 23.0. The maximum Gasteiger partial charge on any atom is 0.180 e. The summed E-state index contributed by atoms with van der Waals surface area (Å²) in [5, 5.41) is 6.83. The van der Waals surface area contributed by atoms with Crippen molar-refractivity contribution in [2.24, 2.45) is 0 Å². The number of benzene rings is 10. The summed E-state index contributed by atoms with van der Waals surface area (Å²) < 4.78 is 96.0. The van der Waals surface area contributed by atoms with Crippen LogP contribution in [0.1, 0.15) is 13.7 Å². The van der Waals surface area contributed by atoms with Crippen molar-refractivity contribution >= 4 is 92.9 Å². The van der Waals surface area contributed by atoms with Crippen molar-refractivity contribution in [3.05, 3.63) is 236 Å². The van der Waals surface area contributed by atoms with Gasteiger partial charge in [0.25, 0.3) is 0 Å². The zero-order valence-corrected chi connectivity index (χ0v) is 34.4. The van der Waals surface area contributed by atoms with Crippen molar-refractivity contribution < 1.29 is 13.7 Å². The summed E-state index contributed by atoms with van der Waals surface area (Å²) in [4.78, 5) is 0. The summed E-state index contributed by atoms with van der Waals surface area (Å²) in [6.07, 6.45) is 0. The third-order valence-corrected chi connectivity index (χ3v) is 18.0. The Bertz CT molecular complexity index is 4060. The van der Waals surface area contributed by atoms with Crippen LogP contribution in [0.25, 0.3) is 80.7 Å². The highest BCUT2D eigenvalue weighted by molar-refractivity contribution is 7.26. The molecular formula is C58H39NSSi. The van der Waals surface area contributed by atoms with Gasteiger partial charge in [0.05, 0.1) is 30.4 Å². The van der Waals surface area contributed by atoms with Gasteiger partial charge in [-0.1, -0.05) is 218 Å². The minimum absolute atomic E-state index is 0.102. The largest absolute Gasteiger partial charge is 0.308 e. The second-order valence-corrected chi connectivity index (χ2v) is 20.0. The Hall–Kier alpha value is -7.30. The fourth-order valence-electron chi connectivity index (χ4n) is 9.54. The first kappa shape index (κ1) is 26.7. The summed E-state index contributed by atoms with van der Waals surface area (Å²) >= 11 is 1.05. The van der Waals surface area contributed by atoms with Gasteiger partial charge in [-0.25, -0.2) is 0 Å². The van der Waals surface area contributed by atoms with Crippen LogP contribution in [0.5, 0.6) is 0 Å². The molecule has 0 aliphatic rings. The van der Waals surface area contributed by atoms with Crippen molar-refractivity contribution in [1.82, 2.24) is 4.57 Å². The Labute approximate surface area is 374 Å². The lowest BCUT2D eigenvalue weighted by Gasteiger charge is -2.37. The molecule has 0 amide bonds. The van der Waals surface area contributed by atoms with Crippen LogP contribution in [0.4, 0.5) is 0 Å². The topological polar surface area (TPSA) is 4.93 Å². The van der Waals surface area contributed by atoms with Crippen molar-refractivity contribution in [3.8, 4) is 27.9 Å². The Morgan fingerprint density at radius 2 is 1.02 bits per heavy atom. The standard InChI is InChI=1S/C58H39NSSi/c1-5-21-41(22-6-1)55-54(61(42-24-7-2-8-25-42,43-26-9-3-10-27-43)44-28-11-4-12-29-44)39-37-48(46-33-19-23-40-20-13-14-30-45(40)46)57(55)59-51-34-17-15-32-50(51)56-52(59)38-36-49-47-31-16-18-35-53(47)60-58(49)56/h1-39H/i15D,16D,17D,18D,31D,32D,34D,35D,36D,38D.